The Morgan fingerprint density at radius 1 is 1.27 bits per heavy atom. The zero-order valence-electron chi connectivity index (χ0n) is 12.0. The third-order valence-electron chi connectivity index (χ3n) is 2.59. The first-order valence-electron chi connectivity index (χ1n) is 6.77. The number of ether oxygens (including phenoxy) is 1. The highest BCUT2D eigenvalue weighted by atomic mass is 19.3. The van der Waals surface area contributed by atoms with Crippen LogP contribution in [0.25, 0.3) is 0 Å². The molecule has 1 rings (SSSR count). The molecule has 0 radical (unpaired) electrons. The number of hydrogen-bond acceptors (Lipinski definition) is 4. The number of hydrogen-bond donors (Lipinski definition) is 3. The number of nitrogens with two attached hydrogens (primary N) is 1. The van der Waals surface area contributed by atoms with E-state index in [1.54, 1.807) is 24.3 Å². The summed E-state index contributed by atoms with van der Waals surface area (Å²) < 4.78 is 28.4. The van der Waals surface area contributed by atoms with Crippen molar-refractivity contribution in [1.29, 1.82) is 0 Å². The molecule has 8 heteroatoms. The van der Waals surface area contributed by atoms with Crippen LogP contribution in [-0.4, -0.2) is 44.5 Å². The minimum atomic E-state index is -2.56. The van der Waals surface area contributed by atoms with Crippen LogP contribution in [0.3, 0.4) is 0 Å². The Hall–Kier alpha value is -2.06. The highest BCUT2D eigenvalue weighted by Crippen LogP contribution is 2.15. The van der Waals surface area contributed by atoms with Gasteiger partial charge in [0.1, 0.15) is 6.61 Å². The predicted octanol–water partition coefficient (Wildman–Crippen LogP) is 0.985. The topological polar surface area (TPSA) is 93.5 Å². The lowest BCUT2D eigenvalue weighted by Crippen LogP contribution is -2.30. The highest BCUT2D eigenvalue weighted by molar-refractivity contribution is 6.03. The van der Waals surface area contributed by atoms with Gasteiger partial charge >= 0.3 is 0 Å². The van der Waals surface area contributed by atoms with Crippen LogP contribution >= 0.6 is 0 Å². The average Bonchev–Trinajstić information content (AvgIpc) is 2.49. The molecule has 0 aromatic heterocycles. The highest BCUT2D eigenvalue weighted by Gasteiger charge is 2.12. The third-order valence-corrected chi connectivity index (χ3v) is 2.59. The number of anilines is 1. The molecule has 0 saturated carbocycles. The Morgan fingerprint density at radius 3 is 2.68 bits per heavy atom. The number of carbonyl (C=O) groups is 2. The van der Waals surface area contributed by atoms with E-state index >= 15 is 0 Å². The van der Waals surface area contributed by atoms with E-state index in [2.05, 4.69) is 15.4 Å². The van der Waals surface area contributed by atoms with Crippen molar-refractivity contribution in [3.05, 3.63) is 29.8 Å². The van der Waals surface area contributed by atoms with Gasteiger partial charge in [-0.1, -0.05) is 12.1 Å². The maximum Gasteiger partial charge on any atom is 0.261 e. The maximum atomic E-state index is 11.9. The van der Waals surface area contributed by atoms with Crippen molar-refractivity contribution >= 4 is 17.5 Å². The molecule has 22 heavy (non-hydrogen) atoms. The summed E-state index contributed by atoms with van der Waals surface area (Å²) in [7, 11) is 0. The molecule has 0 fully saturated rings. The molecule has 0 bridgehead atoms. The standard InChI is InChI=1S/C14H19F2N3O3/c15-12(16)9-22-8-5-13(20)19-11-4-2-1-3-10(11)14(21)18-7-6-17/h1-4,12H,5-9,17H2,(H,18,21)(H,19,20). The summed E-state index contributed by atoms with van der Waals surface area (Å²) in [6.07, 6.45) is -2.64. The Bertz CT molecular complexity index is 498. The number of amides is 2. The van der Waals surface area contributed by atoms with Gasteiger partial charge in [0.15, 0.2) is 0 Å². The number of para-hydroxylation sites is 1. The molecule has 0 unspecified atom stereocenters. The number of nitrogens with one attached hydrogen (secondary N) is 2. The lowest BCUT2D eigenvalue weighted by molar-refractivity contribution is -0.117. The van der Waals surface area contributed by atoms with Crippen molar-refractivity contribution in [2.75, 3.05) is 31.6 Å². The molecule has 1 aromatic carbocycles. The zero-order chi connectivity index (χ0) is 16.4. The van der Waals surface area contributed by atoms with Crippen LogP contribution in [0.4, 0.5) is 14.5 Å². The molecule has 0 aliphatic rings. The van der Waals surface area contributed by atoms with Crippen LogP contribution in [-0.2, 0) is 9.53 Å². The fourth-order valence-electron chi connectivity index (χ4n) is 1.62. The third kappa shape index (κ3) is 6.59. The van der Waals surface area contributed by atoms with E-state index in [1.165, 1.54) is 0 Å². The normalized spacial score (nSPS) is 10.5. The lowest BCUT2D eigenvalue weighted by Gasteiger charge is -2.11. The number of rotatable bonds is 9. The van der Waals surface area contributed by atoms with Crippen LogP contribution in [0, 0.1) is 0 Å². The fourth-order valence-corrected chi connectivity index (χ4v) is 1.62. The largest absolute Gasteiger partial charge is 0.375 e. The van der Waals surface area contributed by atoms with E-state index in [-0.39, 0.29) is 18.9 Å². The van der Waals surface area contributed by atoms with Gasteiger partial charge < -0.3 is 21.1 Å². The zero-order valence-corrected chi connectivity index (χ0v) is 12.0. The molecule has 0 saturated heterocycles. The maximum absolute atomic E-state index is 11.9. The van der Waals surface area contributed by atoms with Crippen LogP contribution in [0.5, 0.6) is 0 Å². The molecule has 2 amide bonds. The van der Waals surface area contributed by atoms with Gasteiger partial charge in [-0.25, -0.2) is 8.78 Å². The van der Waals surface area contributed by atoms with E-state index in [1.807, 2.05) is 0 Å². The van der Waals surface area contributed by atoms with E-state index < -0.39 is 18.9 Å². The Balaban J connectivity index is 2.54. The van der Waals surface area contributed by atoms with Crippen molar-refractivity contribution in [2.45, 2.75) is 12.8 Å². The van der Waals surface area contributed by atoms with E-state index in [0.717, 1.165) is 0 Å². The number of carbonyl (C=O) groups excluding carboxylic acids is 2. The minimum absolute atomic E-state index is 0.0779. The van der Waals surface area contributed by atoms with Crippen molar-refractivity contribution in [3.8, 4) is 0 Å². The number of alkyl halides is 2. The van der Waals surface area contributed by atoms with Gasteiger partial charge in [-0.15, -0.1) is 0 Å². The molecular weight excluding hydrogens is 296 g/mol. The van der Waals surface area contributed by atoms with E-state index in [4.69, 9.17) is 5.73 Å². The summed E-state index contributed by atoms with van der Waals surface area (Å²) in [5.41, 5.74) is 5.96. The van der Waals surface area contributed by atoms with Crippen molar-refractivity contribution < 1.29 is 23.1 Å². The first kappa shape index (κ1) is 18.0. The quantitative estimate of drug-likeness (QED) is 0.592. The van der Waals surface area contributed by atoms with Crippen molar-refractivity contribution in [2.24, 2.45) is 5.73 Å². The molecule has 0 spiro atoms. The smallest absolute Gasteiger partial charge is 0.261 e. The first-order chi connectivity index (χ1) is 10.5. The van der Waals surface area contributed by atoms with Gasteiger partial charge in [0.05, 0.1) is 24.3 Å². The molecule has 122 valence electrons. The second kappa shape index (κ2) is 9.80. The van der Waals surface area contributed by atoms with E-state index in [9.17, 15) is 18.4 Å². The van der Waals surface area contributed by atoms with Gasteiger partial charge in [-0.05, 0) is 12.1 Å². The monoisotopic (exact) mass is 315 g/mol. The lowest BCUT2D eigenvalue weighted by atomic mass is 10.1. The summed E-state index contributed by atoms with van der Waals surface area (Å²) in [6.45, 7) is -0.187. The molecule has 1 aromatic rings. The van der Waals surface area contributed by atoms with Gasteiger partial charge in [0.25, 0.3) is 12.3 Å². The van der Waals surface area contributed by atoms with Crippen LogP contribution in [0.1, 0.15) is 16.8 Å². The Morgan fingerprint density at radius 2 is 2.00 bits per heavy atom. The number of benzene rings is 1. The fraction of sp³-hybridized carbons (Fsp3) is 0.429. The van der Waals surface area contributed by atoms with E-state index in [0.29, 0.717) is 24.3 Å². The minimum Gasteiger partial charge on any atom is -0.375 e. The second-order valence-corrected chi connectivity index (χ2v) is 4.35. The van der Waals surface area contributed by atoms with Gasteiger partial charge in [-0.3, -0.25) is 9.59 Å². The molecule has 0 aliphatic heterocycles. The van der Waals surface area contributed by atoms with Gasteiger partial charge in [-0.2, -0.15) is 0 Å². The first-order valence-corrected chi connectivity index (χ1v) is 6.77. The van der Waals surface area contributed by atoms with Gasteiger partial charge in [0.2, 0.25) is 5.91 Å². The second-order valence-electron chi connectivity index (χ2n) is 4.35. The van der Waals surface area contributed by atoms with Crippen LogP contribution in [0.2, 0.25) is 0 Å². The Kier molecular flexibility index (Phi) is 8.01. The summed E-state index contributed by atoms with van der Waals surface area (Å²) in [6, 6.07) is 6.48. The van der Waals surface area contributed by atoms with Crippen molar-refractivity contribution in [3.63, 3.8) is 0 Å². The molecule has 0 heterocycles. The average molecular weight is 315 g/mol. The molecule has 4 N–H and O–H groups in total. The molecule has 0 atom stereocenters. The molecule has 6 nitrogen and oxygen atoms in total. The summed E-state index contributed by atoms with van der Waals surface area (Å²) >= 11 is 0. The van der Waals surface area contributed by atoms with Crippen molar-refractivity contribution in [1.82, 2.24) is 5.32 Å². The SMILES string of the molecule is NCCNC(=O)c1ccccc1NC(=O)CCOCC(F)F. The predicted molar refractivity (Wildman–Crippen MR) is 77.9 cm³/mol. The summed E-state index contributed by atoms with van der Waals surface area (Å²) in [4.78, 5) is 23.6. The van der Waals surface area contributed by atoms with Crippen LogP contribution < -0.4 is 16.4 Å². The van der Waals surface area contributed by atoms with Crippen LogP contribution in [0.15, 0.2) is 24.3 Å². The van der Waals surface area contributed by atoms with Gasteiger partial charge in [0, 0.05) is 13.1 Å². The Labute approximate surface area is 127 Å². The summed E-state index contributed by atoms with van der Waals surface area (Å²) in [5, 5.41) is 5.16. The molecule has 0 aliphatic carbocycles. The molecular formula is C14H19F2N3O3. The summed E-state index contributed by atoms with van der Waals surface area (Å²) in [5.74, 6) is -0.774. The number of halogens is 2.